The minimum Gasteiger partial charge on any atom is -0.508 e. The van der Waals surface area contributed by atoms with Crippen molar-refractivity contribution in [1.82, 2.24) is 15.1 Å². The molecule has 4 aromatic carbocycles. The second kappa shape index (κ2) is 16.0. The molecule has 0 aliphatic carbocycles. The van der Waals surface area contributed by atoms with Gasteiger partial charge in [-0.3, -0.25) is 34.3 Å². The van der Waals surface area contributed by atoms with Gasteiger partial charge in [0.1, 0.15) is 11.8 Å². The van der Waals surface area contributed by atoms with Crippen LogP contribution in [0.5, 0.6) is 5.75 Å². The zero-order chi connectivity index (χ0) is 39.8. The summed E-state index contributed by atoms with van der Waals surface area (Å²) in [4.78, 5) is 59.5. The summed E-state index contributed by atoms with van der Waals surface area (Å²) >= 11 is 0. The van der Waals surface area contributed by atoms with Gasteiger partial charge in [-0.05, 0) is 116 Å². The van der Waals surface area contributed by atoms with Crippen molar-refractivity contribution in [2.75, 3.05) is 42.5 Å². The van der Waals surface area contributed by atoms with Crippen molar-refractivity contribution in [3.05, 3.63) is 125 Å². The topological polar surface area (TPSA) is 114 Å². The largest absolute Gasteiger partial charge is 0.508 e. The lowest BCUT2D eigenvalue weighted by atomic mass is 9.88. The normalized spacial score (nSPS) is 22.4. The molecule has 3 unspecified atom stereocenters. The van der Waals surface area contributed by atoms with Crippen LogP contribution in [-0.4, -0.2) is 89.4 Å². The summed E-state index contributed by atoms with van der Waals surface area (Å²) in [5.41, 5.74) is 8.68. The molecule has 10 heteroatoms. The van der Waals surface area contributed by atoms with Crippen LogP contribution in [0.15, 0.2) is 97.1 Å². The van der Waals surface area contributed by atoms with Crippen LogP contribution in [0, 0.1) is 5.92 Å². The van der Waals surface area contributed by atoms with Crippen LogP contribution < -0.4 is 15.1 Å². The highest BCUT2D eigenvalue weighted by molar-refractivity contribution is 6.23. The molecule has 0 spiro atoms. The Morgan fingerprint density at radius 2 is 1.33 bits per heavy atom. The molecule has 2 N–H and O–H groups in total. The number of nitrogens with one attached hydrogen (secondary N) is 1. The standard InChI is InChI=1S/C47H51N5O5/c1-4-39(33-8-6-5-7-9-33)44(35-12-17-38(53)18-13-35)34-10-14-36(15-11-34)50-24-22-32(23-25-50)29-49-27-30(2)51(31(3)28-49)37-16-19-40-41(26-37)47(57)52(46(40)56)42-20-21-43(54)48-45(42)55/h5-19,26,30-32,42,53H,4,20-25,27-29H2,1-3H3,(H,48,54,55). The summed E-state index contributed by atoms with van der Waals surface area (Å²) in [6.45, 7) is 11.5. The summed E-state index contributed by atoms with van der Waals surface area (Å²) in [5.74, 6) is -1.07. The van der Waals surface area contributed by atoms with Crippen molar-refractivity contribution in [3.8, 4) is 5.75 Å². The van der Waals surface area contributed by atoms with Gasteiger partial charge in [0.05, 0.1) is 11.1 Å². The van der Waals surface area contributed by atoms with Gasteiger partial charge >= 0.3 is 0 Å². The molecule has 294 valence electrons. The minimum atomic E-state index is -0.972. The number of rotatable bonds is 9. The predicted octanol–water partition coefficient (Wildman–Crippen LogP) is 6.98. The van der Waals surface area contributed by atoms with E-state index in [1.807, 2.05) is 30.3 Å². The summed E-state index contributed by atoms with van der Waals surface area (Å²) in [6.07, 6.45) is 3.37. The van der Waals surface area contributed by atoms with E-state index in [0.29, 0.717) is 17.0 Å². The Kier molecular flexibility index (Phi) is 10.7. The molecule has 8 rings (SSSR count). The third-order valence-corrected chi connectivity index (χ3v) is 12.3. The summed E-state index contributed by atoms with van der Waals surface area (Å²) in [5, 5.41) is 12.3. The van der Waals surface area contributed by atoms with Gasteiger partial charge < -0.3 is 14.9 Å². The van der Waals surface area contributed by atoms with E-state index in [-0.39, 0.29) is 36.6 Å². The molecule has 4 aliphatic heterocycles. The Balaban J connectivity index is 0.891. The fraction of sp³-hybridized carbons (Fsp3) is 0.362. The zero-order valence-corrected chi connectivity index (χ0v) is 33.0. The Hall–Kier alpha value is -5.74. The van der Waals surface area contributed by atoms with Crippen LogP contribution >= 0.6 is 0 Å². The van der Waals surface area contributed by atoms with Gasteiger partial charge in [0, 0.05) is 62.6 Å². The van der Waals surface area contributed by atoms with Crippen LogP contribution in [-0.2, 0) is 9.59 Å². The van der Waals surface area contributed by atoms with Crippen molar-refractivity contribution in [1.29, 1.82) is 0 Å². The lowest BCUT2D eigenvalue weighted by Crippen LogP contribution is -2.58. The average molecular weight is 766 g/mol. The first kappa shape index (κ1) is 38.1. The van der Waals surface area contributed by atoms with Crippen LogP contribution in [0.2, 0.25) is 0 Å². The highest BCUT2D eigenvalue weighted by Gasteiger charge is 2.45. The molecule has 3 fully saturated rings. The number of fused-ring (bicyclic) bond motifs is 1. The van der Waals surface area contributed by atoms with E-state index in [9.17, 15) is 24.3 Å². The first-order chi connectivity index (χ1) is 27.6. The maximum atomic E-state index is 13.5. The van der Waals surface area contributed by atoms with Crippen LogP contribution in [0.3, 0.4) is 0 Å². The molecular formula is C47H51N5O5. The van der Waals surface area contributed by atoms with Crippen molar-refractivity contribution < 1.29 is 24.3 Å². The van der Waals surface area contributed by atoms with E-state index in [4.69, 9.17) is 0 Å². The van der Waals surface area contributed by atoms with Crippen LogP contribution in [0.1, 0.15) is 90.3 Å². The van der Waals surface area contributed by atoms with Crippen molar-refractivity contribution in [2.45, 2.75) is 71.0 Å². The number of amides is 4. The molecule has 4 heterocycles. The number of phenolic OH excluding ortho intramolecular Hbond substituents is 1. The second-order valence-corrected chi connectivity index (χ2v) is 16.1. The number of piperazine rings is 1. The fourth-order valence-corrected chi connectivity index (χ4v) is 9.60. The number of imide groups is 2. The maximum absolute atomic E-state index is 13.5. The SMILES string of the molecule is CCC(=C(c1ccc(O)cc1)c1ccc(N2CCC(CN3CC(C)N(c4ccc5c(c4)C(=O)N(C4CCC(=O)NC4=O)C5=O)C(C)C3)CC2)cc1)c1ccccc1. The van der Waals surface area contributed by atoms with Crippen molar-refractivity contribution in [3.63, 3.8) is 0 Å². The van der Waals surface area contributed by atoms with Crippen LogP contribution in [0.25, 0.3) is 11.1 Å². The quantitative estimate of drug-likeness (QED) is 0.139. The Morgan fingerprint density at radius 1 is 0.719 bits per heavy atom. The molecule has 10 nitrogen and oxygen atoms in total. The number of carbonyl (C=O) groups is 4. The van der Waals surface area contributed by atoms with E-state index >= 15 is 0 Å². The number of hydrogen-bond donors (Lipinski definition) is 2. The molecular weight excluding hydrogens is 715 g/mol. The van der Waals surface area contributed by atoms with E-state index in [1.165, 1.54) is 22.4 Å². The van der Waals surface area contributed by atoms with E-state index < -0.39 is 23.8 Å². The number of benzene rings is 4. The predicted molar refractivity (Wildman–Crippen MR) is 223 cm³/mol. The number of nitrogens with zero attached hydrogens (tertiary/aromatic N) is 4. The molecule has 57 heavy (non-hydrogen) atoms. The number of carbonyl (C=O) groups excluding carboxylic acids is 4. The molecule has 4 aliphatic rings. The fourth-order valence-electron chi connectivity index (χ4n) is 9.60. The Morgan fingerprint density at radius 3 is 1.96 bits per heavy atom. The molecule has 0 saturated carbocycles. The third kappa shape index (κ3) is 7.58. The number of allylic oxidation sites excluding steroid dienone is 1. The second-order valence-electron chi connectivity index (χ2n) is 16.1. The monoisotopic (exact) mass is 765 g/mol. The van der Waals surface area contributed by atoms with Crippen molar-refractivity contribution >= 4 is 46.1 Å². The van der Waals surface area contributed by atoms with Gasteiger partial charge in [-0.1, -0.05) is 61.5 Å². The Labute approximate surface area is 334 Å². The maximum Gasteiger partial charge on any atom is 0.262 e. The number of phenols is 1. The average Bonchev–Trinajstić information content (AvgIpc) is 3.45. The highest BCUT2D eigenvalue weighted by Crippen LogP contribution is 2.37. The van der Waals surface area contributed by atoms with Gasteiger partial charge in [-0.2, -0.15) is 0 Å². The molecule has 4 amide bonds. The summed E-state index contributed by atoms with van der Waals surface area (Å²) in [7, 11) is 0. The molecule has 3 atom stereocenters. The minimum absolute atomic E-state index is 0.0968. The summed E-state index contributed by atoms with van der Waals surface area (Å²) < 4.78 is 0. The zero-order valence-electron chi connectivity index (χ0n) is 33.0. The molecule has 0 bridgehead atoms. The molecule has 4 aromatic rings. The molecule has 0 aromatic heterocycles. The number of anilines is 2. The highest BCUT2D eigenvalue weighted by atomic mass is 16.3. The van der Waals surface area contributed by atoms with Gasteiger partial charge in [-0.15, -0.1) is 0 Å². The number of piperidine rings is 2. The molecule has 3 saturated heterocycles. The first-order valence-electron chi connectivity index (χ1n) is 20.4. The van der Waals surface area contributed by atoms with Crippen molar-refractivity contribution in [2.24, 2.45) is 5.92 Å². The van der Waals surface area contributed by atoms with Gasteiger partial charge in [0.15, 0.2) is 0 Å². The Bertz CT molecular complexity index is 2180. The van der Waals surface area contributed by atoms with Gasteiger partial charge in [-0.25, -0.2) is 0 Å². The smallest absolute Gasteiger partial charge is 0.262 e. The van der Waals surface area contributed by atoms with E-state index in [0.717, 1.165) is 73.7 Å². The summed E-state index contributed by atoms with van der Waals surface area (Å²) in [6, 6.07) is 31.9. The first-order valence-corrected chi connectivity index (χ1v) is 20.4. The van der Waals surface area contributed by atoms with Gasteiger partial charge in [0.2, 0.25) is 11.8 Å². The molecule has 0 radical (unpaired) electrons. The van der Waals surface area contributed by atoms with Crippen LogP contribution in [0.4, 0.5) is 11.4 Å². The number of hydrogen-bond acceptors (Lipinski definition) is 8. The number of aromatic hydroxyl groups is 1. The van der Waals surface area contributed by atoms with E-state index in [2.05, 4.69) is 89.3 Å². The lowest BCUT2D eigenvalue weighted by Gasteiger charge is -2.47. The van der Waals surface area contributed by atoms with Gasteiger partial charge in [0.25, 0.3) is 11.8 Å². The van der Waals surface area contributed by atoms with E-state index in [1.54, 1.807) is 18.2 Å². The lowest BCUT2D eigenvalue weighted by molar-refractivity contribution is -0.136. The third-order valence-electron chi connectivity index (χ3n) is 12.3.